The van der Waals surface area contributed by atoms with Crippen LogP contribution in [0.4, 0.5) is 24.7 Å². The molecular weight excluding hydrogens is 511 g/mol. The normalized spacial score (nSPS) is 18.3. The number of hydrogen-bond donors (Lipinski definition) is 2. The van der Waals surface area contributed by atoms with Crippen molar-refractivity contribution in [2.45, 2.75) is 58.2 Å². The number of aliphatic hydroxyl groups is 1. The number of nitrogens with one attached hydrogen (secondary N) is 1. The number of anilines is 2. The van der Waals surface area contributed by atoms with Crippen LogP contribution in [0.5, 0.6) is 5.75 Å². The van der Waals surface area contributed by atoms with E-state index in [-0.39, 0.29) is 17.5 Å². The third-order valence-electron chi connectivity index (χ3n) is 7.51. The van der Waals surface area contributed by atoms with Gasteiger partial charge in [0.2, 0.25) is 5.91 Å². The Morgan fingerprint density at radius 2 is 1.97 bits per heavy atom. The number of nitrogens with zero attached hydrogens (tertiary/aromatic N) is 4. The lowest BCUT2D eigenvalue weighted by molar-refractivity contribution is -0.170. The first-order valence-corrected chi connectivity index (χ1v) is 12.9. The zero-order valence-electron chi connectivity index (χ0n) is 22.6. The quantitative estimate of drug-likeness (QED) is 0.488. The van der Waals surface area contributed by atoms with Gasteiger partial charge in [-0.3, -0.25) is 4.79 Å². The molecule has 0 radical (unpaired) electrons. The van der Waals surface area contributed by atoms with Crippen LogP contribution in [0.15, 0.2) is 30.3 Å². The van der Waals surface area contributed by atoms with Crippen molar-refractivity contribution in [2.75, 3.05) is 36.5 Å². The van der Waals surface area contributed by atoms with Crippen molar-refractivity contribution in [1.29, 1.82) is 0 Å². The van der Waals surface area contributed by atoms with Crippen molar-refractivity contribution < 1.29 is 27.8 Å². The summed E-state index contributed by atoms with van der Waals surface area (Å²) in [6, 6.07) is 6.80. The molecule has 2 aromatic carbocycles. The predicted octanol–water partition coefficient (Wildman–Crippen LogP) is 4.54. The van der Waals surface area contributed by atoms with Gasteiger partial charge in [-0.15, -0.1) is 0 Å². The number of piperazine rings is 1. The number of ether oxygens (including phenoxy) is 1. The van der Waals surface area contributed by atoms with Gasteiger partial charge in [-0.25, -0.2) is 14.4 Å². The number of halogens is 3. The molecule has 3 aromatic rings. The number of rotatable bonds is 5. The first-order valence-electron chi connectivity index (χ1n) is 12.9. The van der Waals surface area contributed by atoms with Crippen LogP contribution in [0.1, 0.15) is 50.7 Å². The lowest BCUT2D eigenvalue weighted by atomic mass is 9.91. The molecular formula is C28H32F3N5O3. The van der Waals surface area contributed by atoms with E-state index in [0.717, 1.165) is 25.6 Å². The lowest BCUT2D eigenvalue weighted by Gasteiger charge is -2.45. The molecule has 0 saturated carbocycles. The van der Waals surface area contributed by atoms with Gasteiger partial charge in [-0.1, -0.05) is 12.1 Å². The van der Waals surface area contributed by atoms with Gasteiger partial charge in [0, 0.05) is 43.6 Å². The Hall–Kier alpha value is -3.60. The Kier molecular flexibility index (Phi) is 6.61. The van der Waals surface area contributed by atoms with Gasteiger partial charge in [0.15, 0.2) is 0 Å². The van der Waals surface area contributed by atoms with Gasteiger partial charge in [-0.2, -0.15) is 8.78 Å². The van der Waals surface area contributed by atoms with E-state index < -0.39 is 28.9 Å². The number of carbonyl (C=O) groups is 1. The standard InChI is InChI=1S/C28H32F3N5O3/c1-15(19-7-6-8-21(25(19)29)28(30,31)27(4,5)38)32-26-20-11-23-24(12-22(20)33-16(2)34-26)39-14-18-13-35(17(3)37)9-10-36(18)23/h6-8,11-12,15,18,38H,9-10,13-14H2,1-5H3,(H,32,33,34)/t15-,18-/m1/s1. The Bertz CT molecular complexity index is 1440. The lowest BCUT2D eigenvalue weighted by Crippen LogP contribution is -2.58. The molecule has 1 saturated heterocycles. The van der Waals surface area contributed by atoms with Crippen molar-refractivity contribution in [2.24, 2.45) is 0 Å². The van der Waals surface area contributed by atoms with E-state index in [9.17, 15) is 18.7 Å². The fourth-order valence-electron chi connectivity index (χ4n) is 5.24. The molecule has 2 aliphatic rings. The Morgan fingerprint density at radius 3 is 2.67 bits per heavy atom. The molecule has 5 rings (SSSR count). The topological polar surface area (TPSA) is 90.8 Å². The van der Waals surface area contributed by atoms with E-state index in [1.807, 2.05) is 17.0 Å². The van der Waals surface area contributed by atoms with Crippen LogP contribution in [0.2, 0.25) is 0 Å². The molecule has 0 unspecified atom stereocenters. The monoisotopic (exact) mass is 543 g/mol. The zero-order valence-corrected chi connectivity index (χ0v) is 22.6. The molecule has 11 heteroatoms. The van der Waals surface area contributed by atoms with E-state index in [2.05, 4.69) is 20.2 Å². The predicted molar refractivity (Wildman–Crippen MR) is 142 cm³/mol. The van der Waals surface area contributed by atoms with Crippen LogP contribution in [-0.2, 0) is 10.7 Å². The summed E-state index contributed by atoms with van der Waals surface area (Å²) in [4.78, 5) is 25.0. The van der Waals surface area contributed by atoms with E-state index in [1.54, 1.807) is 20.8 Å². The smallest absolute Gasteiger partial charge is 0.303 e. The maximum atomic E-state index is 15.4. The van der Waals surface area contributed by atoms with Gasteiger partial charge in [-0.05, 0) is 39.8 Å². The molecule has 0 aliphatic carbocycles. The summed E-state index contributed by atoms with van der Waals surface area (Å²) in [5.41, 5.74) is -1.82. The molecule has 8 nitrogen and oxygen atoms in total. The van der Waals surface area contributed by atoms with E-state index >= 15 is 4.39 Å². The van der Waals surface area contributed by atoms with Crippen LogP contribution in [-0.4, -0.2) is 63.8 Å². The molecule has 1 aromatic heterocycles. The zero-order chi connectivity index (χ0) is 28.3. The summed E-state index contributed by atoms with van der Waals surface area (Å²) < 4.78 is 51.2. The minimum atomic E-state index is -3.80. The molecule has 2 aliphatic heterocycles. The van der Waals surface area contributed by atoms with Gasteiger partial charge in [0.25, 0.3) is 0 Å². The van der Waals surface area contributed by atoms with E-state index in [4.69, 9.17) is 4.74 Å². The fourth-order valence-corrected chi connectivity index (χ4v) is 5.24. The van der Waals surface area contributed by atoms with Crippen LogP contribution in [0.3, 0.4) is 0 Å². The number of aromatic nitrogens is 2. The second-order valence-corrected chi connectivity index (χ2v) is 10.8. The highest BCUT2D eigenvalue weighted by atomic mass is 19.3. The number of carbonyl (C=O) groups excluding carboxylic acids is 1. The highest BCUT2D eigenvalue weighted by Crippen LogP contribution is 2.42. The summed E-state index contributed by atoms with van der Waals surface area (Å²) in [5.74, 6) is -3.27. The molecule has 1 amide bonds. The number of alkyl halides is 2. The van der Waals surface area contributed by atoms with Gasteiger partial charge >= 0.3 is 5.92 Å². The molecule has 0 bridgehead atoms. The SMILES string of the molecule is CC(=O)N1CCN2c3cc4c(N[C@H](C)c5cccc(C(F)(F)C(C)(C)O)c5F)nc(C)nc4cc3OC[C@H]2C1. The average molecular weight is 544 g/mol. The Balaban J connectivity index is 1.51. The molecule has 3 heterocycles. The van der Waals surface area contributed by atoms with Gasteiger partial charge < -0.3 is 25.0 Å². The molecule has 1 fully saturated rings. The summed E-state index contributed by atoms with van der Waals surface area (Å²) in [5, 5.41) is 13.8. The highest BCUT2D eigenvalue weighted by Gasteiger charge is 2.49. The van der Waals surface area contributed by atoms with Crippen LogP contribution in [0.25, 0.3) is 10.9 Å². The van der Waals surface area contributed by atoms with E-state index in [0.29, 0.717) is 54.5 Å². The van der Waals surface area contributed by atoms with Crippen molar-refractivity contribution in [1.82, 2.24) is 14.9 Å². The summed E-state index contributed by atoms with van der Waals surface area (Å²) in [6.45, 7) is 9.10. The second kappa shape index (κ2) is 9.55. The largest absolute Gasteiger partial charge is 0.489 e. The first kappa shape index (κ1) is 27.0. The number of benzene rings is 2. The molecule has 2 N–H and O–H groups in total. The Morgan fingerprint density at radius 1 is 1.23 bits per heavy atom. The minimum Gasteiger partial charge on any atom is -0.489 e. The number of hydrogen-bond acceptors (Lipinski definition) is 7. The third kappa shape index (κ3) is 4.73. The fraction of sp³-hybridized carbons (Fsp3) is 0.464. The Labute approximate surface area is 224 Å². The third-order valence-corrected chi connectivity index (χ3v) is 7.51. The summed E-state index contributed by atoms with van der Waals surface area (Å²) >= 11 is 0. The number of amides is 1. The van der Waals surface area contributed by atoms with Gasteiger partial charge in [0.1, 0.15) is 35.4 Å². The molecule has 2 atom stereocenters. The summed E-state index contributed by atoms with van der Waals surface area (Å²) in [6.07, 6.45) is 0. The summed E-state index contributed by atoms with van der Waals surface area (Å²) in [7, 11) is 0. The van der Waals surface area contributed by atoms with Crippen LogP contribution < -0.4 is 15.0 Å². The number of aryl methyl sites for hydroxylation is 1. The van der Waals surface area contributed by atoms with Gasteiger partial charge in [0.05, 0.1) is 28.9 Å². The second-order valence-electron chi connectivity index (χ2n) is 10.8. The van der Waals surface area contributed by atoms with Crippen LogP contribution >= 0.6 is 0 Å². The van der Waals surface area contributed by atoms with Crippen molar-refractivity contribution >= 4 is 28.3 Å². The number of fused-ring (bicyclic) bond motifs is 4. The highest BCUT2D eigenvalue weighted by molar-refractivity contribution is 5.94. The minimum absolute atomic E-state index is 0.00331. The van der Waals surface area contributed by atoms with Crippen molar-refractivity contribution in [3.8, 4) is 5.75 Å². The molecule has 208 valence electrons. The van der Waals surface area contributed by atoms with Crippen molar-refractivity contribution in [3.63, 3.8) is 0 Å². The average Bonchev–Trinajstić information content (AvgIpc) is 2.86. The van der Waals surface area contributed by atoms with Crippen molar-refractivity contribution in [3.05, 3.63) is 53.1 Å². The van der Waals surface area contributed by atoms with E-state index in [1.165, 1.54) is 12.1 Å². The first-order chi connectivity index (χ1) is 18.3. The molecule has 0 spiro atoms. The maximum Gasteiger partial charge on any atom is 0.303 e. The molecule has 39 heavy (non-hydrogen) atoms. The van der Waals surface area contributed by atoms with Crippen LogP contribution in [0, 0.1) is 12.7 Å². The maximum absolute atomic E-state index is 15.4.